The maximum absolute atomic E-state index is 5.82. The topological polar surface area (TPSA) is 51.3 Å². The molecule has 20 heavy (non-hydrogen) atoms. The molecule has 2 N–H and O–H groups in total. The molecule has 0 spiro atoms. The Hall–Kier alpha value is -2.26. The molecule has 100 valence electrons. The van der Waals surface area contributed by atoms with Gasteiger partial charge in [-0.2, -0.15) is 0 Å². The van der Waals surface area contributed by atoms with Crippen molar-refractivity contribution in [3.8, 4) is 0 Å². The van der Waals surface area contributed by atoms with Crippen molar-refractivity contribution in [1.29, 1.82) is 0 Å². The fraction of sp³-hybridized carbons (Fsp3) is 0.176. The van der Waals surface area contributed by atoms with Gasteiger partial charge in [0.15, 0.2) is 0 Å². The van der Waals surface area contributed by atoms with Crippen LogP contribution in [0.2, 0.25) is 0 Å². The molecule has 3 nitrogen and oxygen atoms in total. The molecule has 3 heteroatoms. The van der Waals surface area contributed by atoms with Crippen LogP contribution in [-0.4, -0.2) is 10.7 Å². The van der Waals surface area contributed by atoms with Crippen molar-refractivity contribution in [2.45, 2.75) is 19.4 Å². The highest BCUT2D eigenvalue weighted by molar-refractivity contribution is 6.05. The van der Waals surface area contributed by atoms with E-state index in [1.165, 1.54) is 0 Å². The molecular weight excluding hydrogens is 246 g/mol. The maximum atomic E-state index is 5.82. The minimum Gasteiger partial charge on any atom is -0.326 e. The smallest absolute Gasteiger partial charge is 0.0882 e. The second-order valence-corrected chi connectivity index (χ2v) is 4.76. The lowest BCUT2D eigenvalue weighted by Gasteiger charge is -2.15. The Labute approximate surface area is 118 Å². The molecule has 0 atom stereocenters. The first kappa shape index (κ1) is 12.8. The number of allylic oxidation sites excluding steroid dienone is 1. The van der Waals surface area contributed by atoms with E-state index in [-0.39, 0.29) is 0 Å². The van der Waals surface area contributed by atoms with Crippen molar-refractivity contribution in [1.82, 2.24) is 4.98 Å². The van der Waals surface area contributed by atoms with Crippen LogP contribution in [0.1, 0.15) is 29.7 Å². The molecule has 1 aliphatic rings. The Kier molecular flexibility index (Phi) is 3.70. The van der Waals surface area contributed by atoms with Crippen molar-refractivity contribution < 1.29 is 0 Å². The Balaban J connectivity index is 1.99. The predicted octanol–water partition coefficient (Wildman–Crippen LogP) is 3.16. The van der Waals surface area contributed by atoms with E-state index in [1.807, 2.05) is 30.3 Å². The fourth-order valence-electron chi connectivity index (χ4n) is 2.44. The highest BCUT2D eigenvalue weighted by Gasteiger charge is 2.13. The van der Waals surface area contributed by atoms with Gasteiger partial charge in [0.25, 0.3) is 0 Å². The van der Waals surface area contributed by atoms with Gasteiger partial charge >= 0.3 is 0 Å². The Morgan fingerprint density at radius 1 is 1.05 bits per heavy atom. The summed E-state index contributed by atoms with van der Waals surface area (Å²) in [4.78, 5) is 9.16. The molecule has 0 amide bonds. The summed E-state index contributed by atoms with van der Waals surface area (Å²) in [6.07, 6.45) is 5.89. The number of benzene rings is 1. The highest BCUT2D eigenvalue weighted by Crippen LogP contribution is 2.24. The van der Waals surface area contributed by atoms with E-state index in [0.717, 1.165) is 41.1 Å². The quantitative estimate of drug-likeness (QED) is 0.924. The summed E-state index contributed by atoms with van der Waals surface area (Å²) in [5.74, 6) is 0. The predicted molar refractivity (Wildman–Crippen MR) is 82.3 cm³/mol. The van der Waals surface area contributed by atoms with Crippen LogP contribution >= 0.6 is 0 Å². The van der Waals surface area contributed by atoms with E-state index >= 15 is 0 Å². The molecule has 0 radical (unpaired) electrons. The third-order valence-electron chi connectivity index (χ3n) is 3.45. The minimum absolute atomic E-state index is 0.540. The number of aromatic nitrogens is 1. The molecule has 0 saturated heterocycles. The average molecular weight is 263 g/mol. The van der Waals surface area contributed by atoms with E-state index in [4.69, 9.17) is 10.7 Å². The zero-order valence-corrected chi connectivity index (χ0v) is 11.3. The van der Waals surface area contributed by atoms with E-state index in [0.29, 0.717) is 6.54 Å². The van der Waals surface area contributed by atoms with Gasteiger partial charge in [0, 0.05) is 24.0 Å². The van der Waals surface area contributed by atoms with Crippen LogP contribution in [0.3, 0.4) is 0 Å². The Morgan fingerprint density at radius 2 is 1.90 bits per heavy atom. The molecule has 1 aliphatic heterocycles. The number of pyridine rings is 1. The van der Waals surface area contributed by atoms with Crippen molar-refractivity contribution >= 4 is 11.4 Å². The number of nitrogens with zero attached hydrogens (tertiary/aromatic N) is 2. The van der Waals surface area contributed by atoms with Gasteiger partial charge in [-0.25, -0.2) is 0 Å². The molecule has 1 aromatic heterocycles. The van der Waals surface area contributed by atoms with Crippen molar-refractivity contribution in [3.05, 3.63) is 71.6 Å². The summed E-state index contributed by atoms with van der Waals surface area (Å²) in [5, 5.41) is 0. The first-order chi connectivity index (χ1) is 9.88. The van der Waals surface area contributed by atoms with Crippen LogP contribution in [0.5, 0.6) is 0 Å². The zero-order chi connectivity index (χ0) is 13.8. The van der Waals surface area contributed by atoms with E-state index in [1.54, 1.807) is 6.20 Å². The lowest BCUT2D eigenvalue weighted by atomic mass is 9.97. The third-order valence-corrected chi connectivity index (χ3v) is 3.45. The van der Waals surface area contributed by atoms with Gasteiger partial charge in [-0.05, 0) is 30.5 Å². The molecule has 0 unspecified atom stereocenters. The Bertz CT molecular complexity index is 657. The SMILES string of the molecule is NCc1ccccc1C1=NC(c2ccccn2)=CCC1. The van der Waals surface area contributed by atoms with E-state index in [2.05, 4.69) is 23.2 Å². The molecule has 3 rings (SSSR count). The number of hydrogen-bond donors (Lipinski definition) is 1. The van der Waals surface area contributed by atoms with Gasteiger partial charge in [-0.15, -0.1) is 0 Å². The molecular formula is C17H17N3. The van der Waals surface area contributed by atoms with Crippen LogP contribution in [0, 0.1) is 0 Å². The molecule has 0 saturated carbocycles. The van der Waals surface area contributed by atoms with E-state index < -0.39 is 0 Å². The van der Waals surface area contributed by atoms with Crippen LogP contribution in [0.15, 0.2) is 59.7 Å². The monoisotopic (exact) mass is 263 g/mol. The van der Waals surface area contributed by atoms with Gasteiger partial charge in [0.05, 0.1) is 11.4 Å². The average Bonchev–Trinajstić information content (AvgIpc) is 2.56. The maximum Gasteiger partial charge on any atom is 0.0882 e. The van der Waals surface area contributed by atoms with Gasteiger partial charge < -0.3 is 5.73 Å². The summed E-state index contributed by atoms with van der Waals surface area (Å²) >= 11 is 0. The normalized spacial score (nSPS) is 14.7. The number of aliphatic imine (C=N–C) groups is 1. The zero-order valence-electron chi connectivity index (χ0n) is 11.3. The third kappa shape index (κ3) is 2.53. The Morgan fingerprint density at radius 3 is 2.70 bits per heavy atom. The van der Waals surface area contributed by atoms with Crippen LogP contribution < -0.4 is 5.73 Å². The largest absolute Gasteiger partial charge is 0.326 e. The number of nitrogens with two attached hydrogens (primary N) is 1. The lowest BCUT2D eigenvalue weighted by Crippen LogP contribution is -2.10. The minimum atomic E-state index is 0.540. The fourth-order valence-corrected chi connectivity index (χ4v) is 2.44. The summed E-state index contributed by atoms with van der Waals surface area (Å²) in [7, 11) is 0. The van der Waals surface area contributed by atoms with Crippen LogP contribution in [0.4, 0.5) is 0 Å². The van der Waals surface area contributed by atoms with Crippen molar-refractivity contribution in [3.63, 3.8) is 0 Å². The van der Waals surface area contributed by atoms with Gasteiger partial charge in [0.1, 0.15) is 0 Å². The second-order valence-electron chi connectivity index (χ2n) is 4.76. The van der Waals surface area contributed by atoms with Crippen molar-refractivity contribution in [2.75, 3.05) is 0 Å². The van der Waals surface area contributed by atoms with Gasteiger partial charge in [0.2, 0.25) is 0 Å². The molecule has 0 aliphatic carbocycles. The highest BCUT2D eigenvalue weighted by atomic mass is 14.8. The first-order valence-electron chi connectivity index (χ1n) is 6.86. The molecule has 0 fully saturated rings. The van der Waals surface area contributed by atoms with Crippen LogP contribution in [0.25, 0.3) is 5.70 Å². The summed E-state index contributed by atoms with van der Waals surface area (Å²) in [6, 6.07) is 14.1. The molecule has 2 heterocycles. The molecule has 2 aromatic rings. The standard InChI is InChI=1S/C17H17N3/c18-12-13-6-1-2-7-14(13)15-9-5-10-17(20-15)16-8-3-4-11-19-16/h1-4,6-8,10-11H,5,9,12,18H2. The van der Waals surface area contributed by atoms with Gasteiger partial charge in [-0.1, -0.05) is 36.4 Å². The summed E-state index contributed by atoms with van der Waals surface area (Å²) < 4.78 is 0. The molecule has 0 bridgehead atoms. The van der Waals surface area contributed by atoms with Gasteiger partial charge in [-0.3, -0.25) is 9.98 Å². The lowest BCUT2D eigenvalue weighted by molar-refractivity contribution is 1.03. The second kappa shape index (κ2) is 5.80. The summed E-state index contributed by atoms with van der Waals surface area (Å²) in [6.45, 7) is 0.540. The van der Waals surface area contributed by atoms with Crippen LogP contribution in [-0.2, 0) is 6.54 Å². The van der Waals surface area contributed by atoms with Crippen molar-refractivity contribution in [2.24, 2.45) is 10.7 Å². The van der Waals surface area contributed by atoms with E-state index in [9.17, 15) is 0 Å². The number of rotatable bonds is 3. The molecule has 1 aromatic carbocycles. The first-order valence-corrected chi connectivity index (χ1v) is 6.86. The number of hydrogen-bond acceptors (Lipinski definition) is 3. The summed E-state index contributed by atoms with van der Waals surface area (Å²) in [5.41, 5.74) is 11.1.